The van der Waals surface area contributed by atoms with Gasteiger partial charge in [-0.1, -0.05) is 49.4 Å². The van der Waals surface area contributed by atoms with E-state index in [0.717, 1.165) is 31.0 Å². The SMILES string of the molecule is CCNC(=O)c1ccc(CNC(=NC)N2CCC(c3ccccc3)C(C)C2)cc1.I. The van der Waals surface area contributed by atoms with Crippen LogP contribution in [0, 0.1) is 5.92 Å². The van der Waals surface area contributed by atoms with Gasteiger partial charge in [-0.2, -0.15) is 0 Å². The molecule has 6 heteroatoms. The number of nitrogens with one attached hydrogen (secondary N) is 2. The maximum atomic E-state index is 11.9. The zero-order valence-corrected chi connectivity index (χ0v) is 20.4. The maximum absolute atomic E-state index is 11.9. The number of amides is 1. The summed E-state index contributed by atoms with van der Waals surface area (Å²) in [4.78, 5) is 18.7. The van der Waals surface area contributed by atoms with Crippen LogP contribution in [-0.4, -0.2) is 43.4 Å². The van der Waals surface area contributed by atoms with Gasteiger partial charge in [0.2, 0.25) is 0 Å². The molecule has 3 rings (SSSR count). The molecule has 2 aromatic carbocycles. The standard InChI is InChI=1S/C24H32N4O.HI/c1-4-26-23(29)21-12-10-19(11-13-21)16-27-24(25-3)28-15-14-22(18(2)17-28)20-8-6-5-7-9-20;/h5-13,18,22H,4,14-17H2,1-3H3,(H,25,27)(H,26,29);1H. The molecule has 0 radical (unpaired) electrons. The van der Waals surface area contributed by atoms with Crippen molar-refractivity contribution in [2.24, 2.45) is 10.9 Å². The lowest BCUT2D eigenvalue weighted by Gasteiger charge is -2.39. The minimum atomic E-state index is -0.0295. The minimum absolute atomic E-state index is 0. The second-order valence-electron chi connectivity index (χ2n) is 7.69. The number of hydrogen-bond donors (Lipinski definition) is 2. The summed E-state index contributed by atoms with van der Waals surface area (Å²) in [6, 6.07) is 18.6. The van der Waals surface area contributed by atoms with E-state index in [2.05, 4.69) is 57.8 Å². The van der Waals surface area contributed by atoms with Crippen molar-refractivity contribution in [1.82, 2.24) is 15.5 Å². The molecule has 2 N–H and O–H groups in total. The van der Waals surface area contributed by atoms with Crippen LogP contribution >= 0.6 is 24.0 Å². The smallest absolute Gasteiger partial charge is 0.251 e. The summed E-state index contributed by atoms with van der Waals surface area (Å²) in [6.45, 7) is 7.57. The molecule has 1 saturated heterocycles. The monoisotopic (exact) mass is 520 g/mol. The highest BCUT2D eigenvalue weighted by Gasteiger charge is 2.28. The average Bonchev–Trinajstić information content (AvgIpc) is 2.75. The molecule has 1 fully saturated rings. The van der Waals surface area contributed by atoms with Crippen LogP contribution in [0.5, 0.6) is 0 Å². The number of piperidine rings is 1. The molecular weight excluding hydrogens is 487 g/mol. The number of benzene rings is 2. The van der Waals surface area contributed by atoms with Crippen molar-refractivity contribution in [3.8, 4) is 0 Å². The highest BCUT2D eigenvalue weighted by molar-refractivity contribution is 14.0. The molecule has 0 saturated carbocycles. The van der Waals surface area contributed by atoms with Gasteiger partial charge in [0.05, 0.1) is 0 Å². The first-order chi connectivity index (χ1) is 14.1. The van der Waals surface area contributed by atoms with E-state index in [9.17, 15) is 4.79 Å². The van der Waals surface area contributed by atoms with E-state index in [0.29, 0.717) is 30.5 Å². The van der Waals surface area contributed by atoms with Gasteiger partial charge in [-0.15, -0.1) is 24.0 Å². The predicted molar refractivity (Wildman–Crippen MR) is 135 cm³/mol. The van der Waals surface area contributed by atoms with Crippen LogP contribution in [0.1, 0.15) is 47.7 Å². The van der Waals surface area contributed by atoms with E-state index >= 15 is 0 Å². The first-order valence-corrected chi connectivity index (χ1v) is 10.5. The molecule has 0 bridgehead atoms. The Kier molecular flexibility index (Phi) is 9.62. The van der Waals surface area contributed by atoms with Gasteiger partial charge in [-0.05, 0) is 48.4 Å². The third-order valence-electron chi connectivity index (χ3n) is 5.65. The first kappa shape index (κ1) is 24.2. The van der Waals surface area contributed by atoms with E-state index in [4.69, 9.17) is 0 Å². The second kappa shape index (κ2) is 11.9. The molecule has 5 nitrogen and oxygen atoms in total. The Labute approximate surface area is 197 Å². The number of rotatable bonds is 5. The molecule has 2 aromatic rings. The van der Waals surface area contributed by atoms with Gasteiger partial charge in [-0.25, -0.2) is 0 Å². The number of aliphatic imine (C=N–C) groups is 1. The maximum Gasteiger partial charge on any atom is 0.251 e. The van der Waals surface area contributed by atoms with Gasteiger partial charge < -0.3 is 15.5 Å². The normalized spacial score (nSPS) is 19.0. The lowest BCUT2D eigenvalue weighted by atomic mass is 9.82. The van der Waals surface area contributed by atoms with Gasteiger partial charge in [0.1, 0.15) is 0 Å². The third-order valence-corrected chi connectivity index (χ3v) is 5.65. The topological polar surface area (TPSA) is 56.7 Å². The van der Waals surface area contributed by atoms with Crippen LogP contribution in [0.2, 0.25) is 0 Å². The summed E-state index contributed by atoms with van der Waals surface area (Å²) in [5.41, 5.74) is 3.26. The van der Waals surface area contributed by atoms with Crippen LogP contribution < -0.4 is 10.6 Å². The van der Waals surface area contributed by atoms with E-state index < -0.39 is 0 Å². The summed E-state index contributed by atoms with van der Waals surface area (Å²) < 4.78 is 0. The lowest BCUT2D eigenvalue weighted by molar-refractivity contribution is 0.0956. The molecule has 1 amide bonds. The highest BCUT2D eigenvalue weighted by atomic mass is 127. The predicted octanol–water partition coefficient (Wildman–Crippen LogP) is 4.26. The Morgan fingerprint density at radius 1 is 1.10 bits per heavy atom. The van der Waals surface area contributed by atoms with E-state index in [1.807, 2.05) is 38.2 Å². The number of likely N-dealkylation sites (tertiary alicyclic amines) is 1. The highest BCUT2D eigenvalue weighted by Crippen LogP contribution is 2.32. The molecule has 0 spiro atoms. The van der Waals surface area contributed by atoms with Gasteiger partial charge in [-0.3, -0.25) is 9.79 Å². The van der Waals surface area contributed by atoms with Crippen molar-refractivity contribution in [3.05, 3.63) is 71.3 Å². The fraction of sp³-hybridized carbons (Fsp3) is 0.417. The summed E-state index contributed by atoms with van der Waals surface area (Å²) >= 11 is 0. The summed E-state index contributed by atoms with van der Waals surface area (Å²) in [5, 5.41) is 6.30. The van der Waals surface area contributed by atoms with Crippen molar-refractivity contribution in [1.29, 1.82) is 0 Å². The van der Waals surface area contributed by atoms with E-state index in [1.165, 1.54) is 5.56 Å². The minimum Gasteiger partial charge on any atom is -0.352 e. The molecule has 1 aliphatic heterocycles. The first-order valence-electron chi connectivity index (χ1n) is 10.5. The second-order valence-corrected chi connectivity index (χ2v) is 7.69. The molecule has 0 aliphatic carbocycles. The van der Waals surface area contributed by atoms with Gasteiger partial charge in [0.15, 0.2) is 5.96 Å². The van der Waals surface area contributed by atoms with Crippen LogP contribution in [-0.2, 0) is 6.54 Å². The summed E-state index contributed by atoms with van der Waals surface area (Å²) in [6.07, 6.45) is 1.13. The largest absolute Gasteiger partial charge is 0.352 e. The number of carbonyl (C=O) groups excluding carboxylic acids is 1. The Morgan fingerprint density at radius 3 is 2.40 bits per heavy atom. The van der Waals surface area contributed by atoms with Crippen LogP contribution in [0.25, 0.3) is 0 Å². The summed E-state index contributed by atoms with van der Waals surface area (Å²) in [7, 11) is 1.84. The third kappa shape index (κ3) is 6.20. The fourth-order valence-corrected chi connectivity index (χ4v) is 4.08. The zero-order valence-electron chi connectivity index (χ0n) is 18.1. The van der Waals surface area contributed by atoms with E-state index in [-0.39, 0.29) is 29.9 Å². The zero-order chi connectivity index (χ0) is 20.6. The molecule has 2 unspecified atom stereocenters. The number of carbonyl (C=O) groups is 1. The Hall–Kier alpha value is -2.09. The number of halogens is 1. The molecule has 30 heavy (non-hydrogen) atoms. The number of nitrogens with zero attached hydrogens (tertiary/aromatic N) is 2. The van der Waals surface area contributed by atoms with Gasteiger partial charge in [0.25, 0.3) is 5.91 Å². The summed E-state index contributed by atoms with van der Waals surface area (Å²) in [5.74, 6) is 2.09. The Bertz CT molecular complexity index is 823. The number of guanidine groups is 1. The average molecular weight is 520 g/mol. The van der Waals surface area contributed by atoms with Crippen LogP contribution in [0.15, 0.2) is 59.6 Å². The molecule has 1 aliphatic rings. The Morgan fingerprint density at radius 2 is 1.80 bits per heavy atom. The van der Waals surface area contributed by atoms with Crippen LogP contribution in [0.3, 0.4) is 0 Å². The molecule has 162 valence electrons. The molecule has 0 aromatic heterocycles. The molecular formula is C24H33IN4O. The van der Waals surface area contributed by atoms with Gasteiger partial charge in [0, 0.05) is 38.8 Å². The van der Waals surface area contributed by atoms with Crippen molar-refractivity contribution in [2.45, 2.75) is 32.7 Å². The van der Waals surface area contributed by atoms with Crippen molar-refractivity contribution >= 4 is 35.8 Å². The van der Waals surface area contributed by atoms with Crippen molar-refractivity contribution < 1.29 is 4.79 Å². The molecule has 1 heterocycles. The lowest BCUT2D eigenvalue weighted by Crippen LogP contribution is -2.47. The van der Waals surface area contributed by atoms with Gasteiger partial charge >= 0.3 is 0 Å². The van der Waals surface area contributed by atoms with E-state index in [1.54, 1.807) is 0 Å². The van der Waals surface area contributed by atoms with Crippen LogP contribution in [0.4, 0.5) is 0 Å². The Balaban J connectivity index is 0.00000320. The fourth-order valence-electron chi connectivity index (χ4n) is 4.08. The van der Waals surface area contributed by atoms with Crippen molar-refractivity contribution in [2.75, 3.05) is 26.7 Å². The molecule has 2 atom stereocenters. The van der Waals surface area contributed by atoms with Crippen molar-refractivity contribution in [3.63, 3.8) is 0 Å². The number of hydrogen-bond acceptors (Lipinski definition) is 2. The quantitative estimate of drug-likeness (QED) is 0.352.